The smallest absolute Gasteiger partial charge is 0.137 e. The molecule has 0 spiro atoms. The first-order chi connectivity index (χ1) is 8.90. The van der Waals surface area contributed by atoms with Gasteiger partial charge in [-0.25, -0.2) is 0 Å². The molecular formula is C16H28NO2+. The molecule has 1 aromatic carbocycles. The monoisotopic (exact) mass is 266 g/mol. The van der Waals surface area contributed by atoms with Crippen LogP contribution < -0.4 is 10.1 Å². The average molecular weight is 266 g/mol. The SMILES string of the molecule is Cc1cc(OC[C@H](O)C[NH2+]C(C)C)ccc1C(C)C. The maximum Gasteiger partial charge on any atom is 0.137 e. The van der Waals surface area contributed by atoms with Crippen molar-refractivity contribution in [3.05, 3.63) is 29.3 Å². The summed E-state index contributed by atoms with van der Waals surface area (Å²) in [5, 5.41) is 11.9. The second kappa shape index (κ2) is 7.51. The number of rotatable bonds is 7. The number of benzene rings is 1. The molecular weight excluding hydrogens is 238 g/mol. The number of hydrogen-bond acceptors (Lipinski definition) is 2. The second-order valence-corrected chi connectivity index (χ2v) is 5.85. The molecule has 0 heterocycles. The quantitative estimate of drug-likeness (QED) is 0.791. The first-order valence-electron chi connectivity index (χ1n) is 7.15. The van der Waals surface area contributed by atoms with E-state index in [0.29, 0.717) is 25.1 Å². The van der Waals surface area contributed by atoms with E-state index in [2.05, 4.69) is 46.0 Å². The molecule has 0 saturated heterocycles. The Morgan fingerprint density at radius 1 is 1.21 bits per heavy atom. The van der Waals surface area contributed by atoms with Crippen molar-refractivity contribution in [2.45, 2.75) is 52.7 Å². The highest BCUT2D eigenvalue weighted by atomic mass is 16.5. The zero-order valence-electron chi connectivity index (χ0n) is 12.8. The molecule has 3 N–H and O–H groups in total. The summed E-state index contributed by atoms with van der Waals surface area (Å²) >= 11 is 0. The van der Waals surface area contributed by atoms with Crippen LogP contribution in [0.2, 0.25) is 0 Å². The lowest BCUT2D eigenvalue weighted by Gasteiger charge is -2.15. The summed E-state index contributed by atoms with van der Waals surface area (Å²) in [6.07, 6.45) is -0.424. The Morgan fingerprint density at radius 2 is 1.89 bits per heavy atom. The molecule has 0 unspecified atom stereocenters. The van der Waals surface area contributed by atoms with Gasteiger partial charge in [-0.15, -0.1) is 0 Å². The van der Waals surface area contributed by atoms with Gasteiger partial charge in [0, 0.05) is 0 Å². The fraction of sp³-hybridized carbons (Fsp3) is 0.625. The van der Waals surface area contributed by atoms with Crippen LogP contribution in [0.15, 0.2) is 18.2 Å². The fourth-order valence-corrected chi connectivity index (χ4v) is 2.08. The van der Waals surface area contributed by atoms with Crippen LogP contribution in [0.1, 0.15) is 44.7 Å². The molecule has 0 aliphatic heterocycles. The molecule has 0 saturated carbocycles. The largest absolute Gasteiger partial charge is 0.491 e. The summed E-state index contributed by atoms with van der Waals surface area (Å²) in [4.78, 5) is 0. The van der Waals surface area contributed by atoms with Gasteiger partial charge in [-0.2, -0.15) is 0 Å². The van der Waals surface area contributed by atoms with Gasteiger partial charge < -0.3 is 15.2 Å². The molecule has 3 nitrogen and oxygen atoms in total. The van der Waals surface area contributed by atoms with Gasteiger partial charge in [-0.3, -0.25) is 0 Å². The van der Waals surface area contributed by atoms with Crippen molar-refractivity contribution in [3.8, 4) is 5.75 Å². The summed E-state index contributed by atoms with van der Waals surface area (Å²) in [6.45, 7) is 11.7. The maximum atomic E-state index is 9.82. The zero-order valence-corrected chi connectivity index (χ0v) is 12.8. The summed E-state index contributed by atoms with van der Waals surface area (Å²) in [7, 11) is 0. The van der Waals surface area contributed by atoms with E-state index in [1.54, 1.807) is 0 Å². The Hall–Kier alpha value is -1.06. The Kier molecular flexibility index (Phi) is 6.32. The van der Waals surface area contributed by atoms with Crippen LogP contribution in [-0.2, 0) is 0 Å². The lowest BCUT2D eigenvalue weighted by molar-refractivity contribution is -0.688. The number of quaternary nitrogens is 1. The molecule has 0 aromatic heterocycles. The minimum absolute atomic E-state index is 0.351. The minimum Gasteiger partial charge on any atom is -0.491 e. The van der Waals surface area contributed by atoms with E-state index >= 15 is 0 Å². The third-order valence-electron chi connectivity index (χ3n) is 3.19. The lowest BCUT2D eigenvalue weighted by Crippen LogP contribution is -2.90. The number of aliphatic hydroxyl groups excluding tert-OH is 1. The van der Waals surface area contributed by atoms with E-state index in [1.807, 2.05) is 12.1 Å². The Balaban J connectivity index is 2.47. The predicted molar refractivity (Wildman–Crippen MR) is 78.7 cm³/mol. The van der Waals surface area contributed by atoms with Crippen LogP contribution in [0.4, 0.5) is 0 Å². The average Bonchev–Trinajstić information content (AvgIpc) is 2.33. The molecule has 1 atom stereocenters. The predicted octanol–water partition coefficient (Wildman–Crippen LogP) is 1.83. The fourth-order valence-electron chi connectivity index (χ4n) is 2.08. The molecule has 0 fully saturated rings. The number of aryl methyl sites for hydroxylation is 1. The number of hydrogen-bond donors (Lipinski definition) is 2. The van der Waals surface area contributed by atoms with Gasteiger partial charge in [-0.05, 0) is 49.9 Å². The van der Waals surface area contributed by atoms with Crippen molar-refractivity contribution in [2.24, 2.45) is 0 Å². The molecule has 0 aliphatic rings. The van der Waals surface area contributed by atoms with Crippen LogP contribution in [0, 0.1) is 6.92 Å². The topological polar surface area (TPSA) is 46.1 Å². The van der Waals surface area contributed by atoms with Gasteiger partial charge >= 0.3 is 0 Å². The van der Waals surface area contributed by atoms with Crippen LogP contribution in [0.5, 0.6) is 5.75 Å². The molecule has 1 rings (SSSR count). The molecule has 3 heteroatoms. The first kappa shape index (κ1) is 16.0. The van der Waals surface area contributed by atoms with E-state index in [9.17, 15) is 5.11 Å². The normalized spacial score (nSPS) is 13.1. The highest BCUT2D eigenvalue weighted by molar-refractivity contribution is 5.36. The van der Waals surface area contributed by atoms with Gasteiger partial charge in [0.1, 0.15) is 25.0 Å². The lowest BCUT2D eigenvalue weighted by atomic mass is 9.98. The number of aliphatic hydroxyl groups is 1. The summed E-state index contributed by atoms with van der Waals surface area (Å²) < 4.78 is 5.65. The van der Waals surface area contributed by atoms with Gasteiger partial charge in [0.05, 0.1) is 6.04 Å². The van der Waals surface area contributed by atoms with Crippen molar-refractivity contribution in [1.29, 1.82) is 0 Å². The molecule has 0 bridgehead atoms. The first-order valence-corrected chi connectivity index (χ1v) is 7.15. The summed E-state index contributed by atoms with van der Waals surface area (Å²) in [5.74, 6) is 1.37. The molecule has 0 radical (unpaired) electrons. The van der Waals surface area contributed by atoms with Crippen LogP contribution in [0.3, 0.4) is 0 Å². The Labute approximate surface area is 117 Å². The van der Waals surface area contributed by atoms with Crippen LogP contribution >= 0.6 is 0 Å². The van der Waals surface area contributed by atoms with Crippen molar-refractivity contribution in [1.82, 2.24) is 0 Å². The van der Waals surface area contributed by atoms with E-state index in [4.69, 9.17) is 4.74 Å². The van der Waals surface area contributed by atoms with E-state index in [-0.39, 0.29) is 0 Å². The van der Waals surface area contributed by atoms with E-state index in [1.165, 1.54) is 11.1 Å². The van der Waals surface area contributed by atoms with Crippen molar-refractivity contribution >= 4 is 0 Å². The van der Waals surface area contributed by atoms with Gasteiger partial charge in [0.15, 0.2) is 0 Å². The molecule has 0 amide bonds. The number of ether oxygens (including phenoxy) is 1. The van der Waals surface area contributed by atoms with Gasteiger partial charge in [0.2, 0.25) is 0 Å². The van der Waals surface area contributed by atoms with Crippen molar-refractivity contribution < 1.29 is 15.2 Å². The second-order valence-electron chi connectivity index (χ2n) is 5.85. The zero-order chi connectivity index (χ0) is 14.4. The maximum absolute atomic E-state index is 9.82. The molecule has 0 aliphatic carbocycles. The van der Waals surface area contributed by atoms with E-state index < -0.39 is 6.10 Å². The third-order valence-corrected chi connectivity index (χ3v) is 3.19. The van der Waals surface area contributed by atoms with Gasteiger partial charge in [0.25, 0.3) is 0 Å². The Bertz CT molecular complexity index is 388. The minimum atomic E-state index is -0.424. The summed E-state index contributed by atoms with van der Waals surface area (Å²) in [5.41, 5.74) is 2.59. The van der Waals surface area contributed by atoms with Crippen LogP contribution in [0.25, 0.3) is 0 Å². The summed E-state index contributed by atoms with van der Waals surface area (Å²) in [6, 6.07) is 6.65. The van der Waals surface area contributed by atoms with Crippen molar-refractivity contribution in [2.75, 3.05) is 13.2 Å². The molecule has 19 heavy (non-hydrogen) atoms. The highest BCUT2D eigenvalue weighted by Crippen LogP contribution is 2.23. The van der Waals surface area contributed by atoms with Gasteiger partial charge in [-0.1, -0.05) is 19.9 Å². The Morgan fingerprint density at radius 3 is 2.42 bits per heavy atom. The highest BCUT2D eigenvalue weighted by Gasteiger charge is 2.10. The molecule has 108 valence electrons. The third kappa shape index (κ3) is 5.62. The molecule has 1 aromatic rings. The standard InChI is InChI=1S/C16H27NO2/c1-11(2)16-7-6-15(8-13(16)5)19-10-14(18)9-17-12(3)4/h6-8,11-12,14,17-18H,9-10H2,1-5H3/p+1/t14-/m1/s1. The van der Waals surface area contributed by atoms with E-state index in [0.717, 1.165) is 5.75 Å². The van der Waals surface area contributed by atoms with Crippen molar-refractivity contribution in [3.63, 3.8) is 0 Å². The number of nitrogens with two attached hydrogens (primary N) is 1. The van der Waals surface area contributed by atoms with Crippen LogP contribution in [-0.4, -0.2) is 30.4 Å².